The van der Waals surface area contributed by atoms with Gasteiger partial charge in [0.05, 0.1) is 5.01 Å². The van der Waals surface area contributed by atoms with E-state index < -0.39 is 0 Å². The Kier molecular flexibility index (Phi) is 7.34. The highest BCUT2D eigenvalue weighted by atomic mass is 32.1. The predicted molar refractivity (Wildman–Crippen MR) is 129 cm³/mol. The maximum atomic E-state index is 13.3. The molecule has 2 aromatic carbocycles. The lowest BCUT2D eigenvalue weighted by molar-refractivity contribution is 0.102. The van der Waals surface area contributed by atoms with Gasteiger partial charge >= 0.3 is 6.03 Å². The first-order valence-corrected chi connectivity index (χ1v) is 12.1. The minimum absolute atomic E-state index is 0.00525. The van der Waals surface area contributed by atoms with E-state index in [-0.39, 0.29) is 23.7 Å². The van der Waals surface area contributed by atoms with Gasteiger partial charge in [0, 0.05) is 42.2 Å². The van der Waals surface area contributed by atoms with Crippen molar-refractivity contribution in [2.75, 3.05) is 25.0 Å². The fourth-order valence-corrected chi connectivity index (χ4v) is 4.88. The van der Waals surface area contributed by atoms with Crippen LogP contribution < -0.4 is 10.6 Å². The van der Waals surface area contributed by atoms with E-state index in [1.165, 1.54) is 23.5 Å². The van der Waals surface area contributed by atoms with E-state index in [1.807, 2.05) is 36.1 Å². The lowest BCUT2D eigenvalue weighted by Crippen LogP contribution is -2.44. The average Bonchev–Trinajstić information content (AvgIpc) is 3.34. The van der Waals surface area contributed by atoms with Gasteiger partial charge in [0.2, 0.25) is 0 Å². The average molecular weight is 467 g/mol. The molecule has 0 atom stereocenters. The number of nitrogens with one attached hydrogen (secondary N) is 2. The van der Waals surface area contributed by atoms with Crippen LogP contribution in [0.1, 0.15) is 47.6 Å². The zero-order valence-electron chi connectivity index (χ0n) is 18.5. The number of hydrogen-bond acceptors (Lipinski definition) is 4. The monoisotopic (exact) mass is 466 g/mol. The summed E-state index contributed by atoms with van der Waals surface area (Å²) in [6.45, 7) is 4.09. The van der Waals surface area contributed by atoms with Crippen LogP contribution in [0, 0.1) is 5.82 Å². The summed E-state index contributed by atoms with van der Waals surface area (Å²) in [6, 6.07) is 13.6. The lowest BCUT2D eigenvalue weighted by atomic mass is 9.98. The second kappa shape index (κ2) is 10.6. The molecule has 0 radical (unpaired) electrons. The molecule has 0 spiro atoms. The summed E-state index contributed by atoms with van der Waals surface area (Å²) in [6.07, 6.45) is 2.59. The number of urea groups is 1. The number of carbonyl (C=O) groups is 2. The summed E-state index contributed by atoms with van der Waals surface area (Å²) in [5.41, 5.74) is 2.66. The van der Waals surface area contributed by atoms with Crippen LogP contribution in [0.2, 0.25) is 0 Å². The summed E-state index contributed by atoms with van der Waals surface area (Å²) in [5.74, 6) is -0.329. The zero-order chi connectivity index (χ0) is 23.2. The van der Waals surface area contributed by atoms with Gasteiger partial charge in [0.15, 0.2) is 0 Å². The van der Waals surface area contributed by atoms with Crippen molar-refractivity contribution < 1.29 is 14.0 Å². The summed E-state index contributed by atoms with van der Waals surface area (Å²) < 4.78 is 13.3. The SMILES string of the molecule is CCCNC(=O)N1CCC(c2nc(C(=O)Nc3ccccc3-c3ccc(F)cc3)cs2)CC1. The smallest absolute Gasteiger partial charge is 0.317 e. The Hall–Kier alpha value is -3.26. The molecule has 1 fully saturated rings. The number of hydrogen-bond donors (Lipinski definition) is 2. The summed E-state index contributed by atoms with van der Waals surface area (Å²) in [4.78, 5) is 31.5. The van der Waals surface area contributed by atoms with Crippen LogP contribution in [0.4, 0.5) is 14.9 Å². The van der Waals surface area contributed by atoms with E-state index in [9.17, 15) is 14.0 Å². The molecule has 2 heterocycles. The van der Waals surface area contributed by atoms with Gasteiger partial charge in [-0.25, -0.2) is 14.2 Å². The number of aromatic nitrogens is 1. The van der Waals surface area contributed by atoms with Gasteiger partial charge in [-0.1, -0.05) is 37.3 Å². The highest BCUT2D eigenvalue weighted by molar-refractivity contribution is 7.10. The number of para-hydroxylation sites is 1. The summed E-state index contributed by atoms with van der Waals surface area (Å²) in [7, 11) is 0. The molecule has 0 saturated carbocycles. The summed E-state index contributed by atoms with van der Waals surface area (Å²) in [5, 5.41) is 8.58. The molecule has 3 aromatic rings. The quantitative estimate of drug-likeness (QED) is 0.504. The number of benzene rings is 2. The Balaban J connectivity index is 1.40. The largest absolute Gasteiger partial charge is 0.338 e. The summed E-state index contributed by atoms with van der Waals surface area (Å²) >= 11 is 1.49. The zero-order valence-corrected chi connectivity index (χ0v) is 19.3. The third-order valence-corrected chi connectivity index (χ3v) is 6.75. The first kappa shape index (κ1) is 22.9. The van der Waals surface area contributed by atoms with Crippen LogP contribution in [-0.4, -0.2) is 41.5 Å². The number of carbonyl (C=O) groups excluding carboxylic acids is 2. The molecule has 6 nitrogen and oxygen atoms in total. The molecule has 1 aromatic heterocycles. The van der Waals surface area contributed by atoms with E-state index in [4.69, 9.17) is 0 Å². The van der Waals surface area contributed by atoms with Gasteiger partial charge in [0.1, 0.15) is 11.5 Å². The topological polar surface area (TPSA) is 74.3 Å². The maximum Gasteiger partial charge on any atom is 0.317 e. The van der Waals surface area contributed by atoms with Gasteiger partial charge in [-0.3, -0.25) is 4.79 Å². The highest BCUT2D eigenvalue weighted by Gasteiger charge is 2.26. The van der Waals surface area contributed by atoms with E-state index in [0.717, 1.165) is 35.4 Å². The van der Waals surface area contributed by atoms with Crippen molar-refractivity contribution in [1.29, 1.82) is 0 Å². The molecule has 8 heteroatoms. The van der Waals surface area contributed by atoms with Crippen LogP contribution in [0.25, 0.3) is 11.1 Å². The molecule has 0 aliphatic carbocycles. The van der Waals surface area contributed by atoms with Crippen molar-refractivity contribution in [3.05, 3.63) is 70.4 Å². The molecule has 4 rings (SSSR count). The van der Waals surface area contributed by atoms with Crippen LogP contribution >= 0.6 is 11.3 Å². The first-order chi connectivity index (χ1) is 16.0. The third kappa shape index (κ3) is 5.57. The highest BCUT2D eigenvalue weighted by Crippen LogP contribution is 2.31. The fraction of sp³-hybridized carbons (Fsp3) is 0.320. The van der Waals surface area contributed by atoms with Gasteiger partial charge in [-0.05, 0) is 43.0 Å². The molecular weight excluding hydrogens is 439 g/mol. The number of nitrogens with zero attached hydrogens (tertiary/aromatic N) is 2. The van der Waals surface area contributed by atoms with Crippen molar-refractivity contribution in [2.24, 2.45) is 0 Å². The van der Waals surface area contributed by atoms with E-state index in [1.54, 1.807) is 17.5 Å². The van der Waals surface area contributed by atoms with Crippen LogP contribution in [0.5, 0.6) is 0 Å². The van der Waals surface area contributed by atoms with Gasteiger partial charge in [-0.15, -0.1) is 11.3 Å². The minimum Gasteiger partial charge on any atom is -0.338 e. The fourth-order valence-electron chi connectivity index (χ4n) is 3.91. The molecule has 1 aliphatic rings. The molecule has 172 valence electrons. The molecule has 0 unspecified atom stereocenters. The Morgan fingerprint density at radius 2 is 1.85 bits per heavy atom. The number of likely N-dealkylation sites (tertiary alicyclic amines) is 1. The van der Waals surface area contributed by atoms with Crippen molar-refractivity contribution >= 4 is 29.0 Å². The van der Waals surface area contributed by atoms with Crippen LogP contribution in [0.15, 0.2) is 53.9 Å². The Bertz CT molecular complexity index is 1110. The number of anilines is 1. The van der Waals surface area contributed by atoms with Gasteiger partial charge in [0.25, 0.3) is 5.91 Å². The van der Waals surface area contributed by atoms with E-state index in [0.29, 0.717) is 31.0 Å². The van der Waals surface area contributed by atoms with Crippen molar-refractivity contribution in [1.82, 2.24) is 15.2 Å². The lowest BCUT2D eigenvalue weighted by Gasteiger charge is -2.31. The molecule has 3 amide bonds. The van der Waals surface area contributed by atoms with Crippen LogP contribution in [-0.2, 0) is 0 Å². The number of amides is 3. The first-order valence-electron chi connectivity index (χ1n) is 11.2. The van der Waals surface area contributed by atoms with Gasteiger partial charge < -0.3 is 15.5 Å². The second-order valence-corrected chi connectivity index (χ2v) is 8.96. The van der Waals surface area contributed by atoms with Crippen molar-refractivity contribution in [3.63, 3.8) is 0 Å². The standard InChI is InChI=1S/C25H27FN4O2S/c1-2-13-27-25(32)30-14-11-18(12-15-30)24-29-22(16-33-24)23(31)28-21-6-4-3-5-20(21)17-7-9-19(26)10-8-17/h3-10,16,18H,2,11-15H2,1H3,(H,27,32)(H,28,31). The second-order valence-electron chi connectivity index (χ2n) is 8.07. The van der Waals surface area contributed by atoms with E-state index in [2.05, 4.69) is 15.6 Å². The van der Waals surface area contributed by atoms with E-state index >= 15 is 0 Å². The molecule has 2 N–H and O–H groups in total. The molecule has 1 aliphatic heterocycles. The molecule has 1 saturated heterocycles. The van der Waals surface area contributed by atoms with Gasteiger partial charge in [-0.2, -0.15) is 0 Å². The number of halogens is 1. The predicted octanol–water partition coefficient (Wildman–Crippen LogP) is 5.50. The molecular formula is C25H27FN4O2S. The van der Waals surface area contributed by atoms with Crippen molar-refractivity contribution in [2.45, 2.75) is 32.1 Å². The van der Waals surface area contributed by atoms with Crippen molar-refractivity contribution in [3.8, 4) is 11.1 Å². The normalized spacial score (nSPS) is 14.2. The number of thiazole rings is 1. The third-order valence-electron chi connectivity index (χ3n) is 5.74. The number of piperidine rings is 1. The Morgan fingerprint density at radius 1 is 1.12 bits per heavy atom. The molecule has 0 bridgehead atoms. The Morgan fingerprint density at radius 3 is 2.58 bits per heavy atom. The Labute approximate surface area is 196 Å². The number of rotatable bonds is 6. The minimum atomic E-state index is -0.303. The molecule has 33 heavy (non-hydrogen) atoms. The maximum absolute atomic E-state index is 13.3. The van der Waals surface area contributed by atoms with Crippen LogP contribution in [0.3, 0.4) is 0 Å².